The van der Waals surface area contributed by atoms with Crippen molar-refractivity contribution >= 4 is 17.9 Å². The summed E-state index contributed by atoms with van der Waals surface area (Å²) >= 11 is 0. The third-order valence-electron chi connectivity index (χ3n) is 14.4. The molecule has 0 aromatic heterocycles. The highest BCUT2D eigenvalue weighted by molar-refractivity contribution is 5.71. The first-order chi connectivity index (χ1) is 35.5. The lowest BCUT2D eigenvalue weighted by Gasteiger charge is -2.18. The number of hydrogen-bond acceptors (Lipinski definition) is 6. The normalized spacial score (nSPS) is 12.2. The molecule has 422 valence electrons. The van der Waals surface area contributed by atoms with Crippen LogP contribution in [-0.4, -0.2) is 37.2 Å². The van der Waals surface area contributed by atoms with Crippen LogP contribution in [0.25, 0.3) is 0 Å². The molecule has 1 atom stereocenters. The Bertz CT molecular complexity index is 1210. The average Bonchev–Trinajstić information content (AvgIpc) is 3.38. The number of esters is 3. The van der Waals surface area contributed by atoms with Gasteiger partial charge in [0.1, 0.15) is 13.2 Å². The molecular formula is C66H122O6. The van der Waals surface area contributed by atoms with Crippen molar-refractivity contribution in [3.05, 3.63) is 36.5 Å². The molecule has 0 amide bonds. The van der Waals surface area contributed by atoms with E-state index < -0.39 is 6.10 Å². The van der Waals surface area contributed by atoms with E-state index in [1.807, 2.05) is 0 Å². The first-order valence-corrected chi connectivity index (χ1v) is 32.0. The number of carbonyl (C=O) groups excluding carboxylic acids is 3. The van der Waals surface area contributed by atoms with Crippen LogP contribution in [0.5, 0.6) is 0 Å². The highest BCUT2D eigenvalue weighted by Gasteiger charge is 2.19. The topological polar surface area (TPSA) is 78.9 Å². The zero-order valence-corrected chi connectivity index (χ0v) is 48.5. The average molecular weight is 1010 g/mol. The van der Waals surface area contributed by atoms with Crippen LogP contribution >= 0.6 is 0 Å². The number of hydrogen-bond donors (Lipinski definition) is 0. The Morgan fingerprint density at radius 3 is 0.778 bits per heavy atom. The molecule has 0 rings (SSSR count). The Kier molecular flexibility index (Phi) is 59.2. The van der Waals surface area contributed by atoms with Gasteiger partial charge in [0.05, 0.1) is 0 Å². The molecule has 0 fully saturated rings. The zero-order valence-electron chi connectivity index (χ0n) is 48.5. The van der Waals surface area contributed by atoms with Gasteiger partial charge in [-0.1, -0.05) is 288 Å². The van der Waals surface area contributed by atoms with E-state index in [1.54, 1.807) is 0 Å². The molecule has 0 aliphatic heterocycles. The van der Waals surface area contributed by atoms with Crippen molar-refractivity contribution in [2.24, 2.45) is 0 Å². The maximum Gasteiger partial charge on any atom is 0.306 e. The quantitative estimate of drug-likeness (QED) is 0.0261. The van der Waals surface area contributed by atoms with E-state index in [4.69, 9.17) is 14.2 Å². The fraction of sp³-hybridized carbons (Fsp3) is 0.864. The molecule has 0 heterocycles. The van der Waals surface area contributed by atoms with Crippen LogP contribution in [0, 0.1) is 0 Å². The van der Waals surface area contributed by atoms with Crippen LogP contribution in [0.15, 0.2) is 36.5 Å². The standard InChI is InChI=1S/C66H122O6/c1-4-7-10-13-16-19-22-25-27-28-29-30-31-32-33-34-35-36-37-38-39-42-44-47-50-53-56-59-65(68)71-62-63(61-70-64(67)58-55-52-49-46-43-40-24-21-18-15-12-9-6-3)72-66(69)60-57-54-51-48-45-41-26-23-20-17-14-11-8-5-2/h22-23,25-26,28-29,63H,4-21,24,27,30-62H2,1-3H3/b25-22-,26-23-,29-28-. The third-order valence-corrected chi connectivity index (χ3v) is 14.4. The number of carbonyl (C=O) groups is 3. The molecule has 1 unspecified atom stereocenters. The summed E-state index contributed by atoms with van der Waals surface area (Å²) in [6, 6.07) is 0. The summed E-state index contributed by atoms with van der Waals surface area (Å²) in [7, 11) is 0. The van der Waals surface area contributed by atoms with Crippen LogP contribution in [0.4, 0.5) is 0 Å². The Morgan fingerprint density at radius 2 is 0.500 bits per heavy atom. The summed E-state index contributed by atoms with van der Waals surface area (Å²) in [5, 5.41) is 0. The molecule has 6 nitrogen and oxygen atoms in total. The van der Waals surface area contributed by atoms with Gasteiger partial charge in [-0.25, -0.2) is 0 Å². The van der Waals surface area contributed by atoms with Crippen molar-refractivity contribution in [3.8, 4) is 0 Å². The molecule has 0 aromatic rings. The predicted octanol–water partition coefficient (Wildman–Crippen LogP) is 21.6. The third kappa shape index (κ3) is 58.5. The summed E-state index contributed by atoms with van der Waals surface area (Å²) in [4.78, 5) is 38.2. The number of allylic oxidation sites excluding steroid dienone is 6. The van der Waals surface area contributed by atoms with Crippen molar-refractivity contribution in [2.45, 2.75) is 354 Å². The molecule has 72 heavy (non-hydrogen) atoms. The summed E-state index contributed by atoms with van der Waals surface area (Å²) in [6.07, 6.45) is 74.4. The Labute approximate surface area is 448 Å². The first-order valence-electron chi connectivity index (χ1n) is 32.0. The number of unbranched alkanes of at least 4 members (excludes halogenated alkanes) is 42. The minimum Gasteiger partial charge on any atom is -0.462 e. The van der Waals surface area contributed by atoms with Gasteiger partial charge in [-0.3, -0.25) is 14.4 Å². The van der Waals surface area contributed by atoms with Gasteiger partial charge in [-0.05, 0) is 77.0 Å². The van der Waals surface area contributed by atoms with Gasteiger partial charge >= 0.3 is 17.9 Å². The van der Waals surface area contributed by atoms with E-state index in [2.05, 4.69) is 57.2 Å². The van der Waals surface area contributed by atoms with Gasteiger partial charge in [0.15, 0.2) is 6.10 Å². The zero-order chi connectivity index (χ0) is 52.2. The fourth-order valence-electron chi connectivity index (χ4n) is 9.53. The molecule has 0 bridgehead atoms. The van der Waals surface area contributed by atoms with E-state index in [9.17, 15) is 14.4 Å². The van der Waals surface area contributed by atoms with E-state index in [-0.39, 0.29) is 31.1 Å². The van der Waals surface area contributed by atoms with Gasteiger partial charge < -0.3 is 14.2 Å². The monoisotopic (exact) mass is 1010 g/mol. The van der Waals surface area contributed by atoms with E-state index in [0.29, 0.717) is 19.3 Å². The lowest BCUT2D eigenvalue weighted by atomic mass is 10.0. The first kappa shape index (κ1) is 69.6. The van der Waals surface area contributed by atoms with Gasteiger partial charge in [-0.15, -0.1) is 0 Å². The smallest absolute Gasteiger partial charge is 0.306 e. The summed E-state index contributed by atoms with van der Waals surface area (Å²) in [5.74, 6) is -0.858. The van der Waals surface area contributed by atoms with Crippen molar-refractivity contribution in [2.75, 3.05) is 13.2 Å². The molecule has 0 radical (unpaired) electrons. The van der Waals surface area contributed by atoms with Gasteiger partial charge in [0, 0.05) is 19.3 Å². The Hall–Kier alpha value is -2.37. The van der Waals surface area contributed by atoms with Gasteiger partial charge in [-0.2, -0.15) is 0 Å². The molecule has 0 N–H and O–H groups in total. The summed E-state index contributed by atoms with van der Waals surface area (Å²) in [5.41, 5.74) is 0. The number of rotatable bonds is 59. The molecule has 0 aromatic carbocycles. The second kappa shape index (κ2) is 61.2. The van der Waals surface area contributed by atoms with Crippen LogP contribution in [0.2, 0.25) is 0 Å². The van der Waals surface area contributed by atoms with Crippen molar-refractivity contribution in [3.63, 3.8) is 0 Å². The molecule has 0 spiro atoms. The predicted molar refractivity (Wildman–Crippen MR) is 312 cm³/mol. The maximum atomic E-state index is 12.9. The minimum absolute atomic E-state index is 0.0706. The molecule has 6 heteroatoms. The molecule has 0 aliphatic carbocycles. The van der Waals surface area contributed by atoms with Gasteiger partial charge in [0.2, 0.25) is 0 Å². The fourth-order valence-corrected chi connectivity index (χ4v) is 9.53. The van der Waals surface area contributed by atoms with Crippen molar-refractivity contribution < 1.29 is 28.6 Å². The Balaban J connectivity index is 4.19. The molecule has 0 saturated carbocycles. The SMILES string of the molecule is CCCCCCC/C=C\C/C=C\CCCCCCCCCCCCCCCCCC(=O)OCC(COC(=O)CCCCCCCCCCCCCCC)OC(=O)CCCCCCC/C=C\CCCCCCC. The largest absolute Gasteiger partial charge is 0.462 e. The number of ether oxygens (including phenoxy) is 3. The molecule has 0 aliphatic rings. The van der Waals surface area contributed by atoms with Crippen molar-refractivity contribution in [1.82, 2.24) is 0 Å². The minimum atomic E-state index is -0.773. The van der Waals surface area contributed by atoms with Crippen LogP contribution in [0.3, 0.4) is 0 Å². The van der Waals surface area contributed by atoms with Gasteiger partial charge in [0.25, 0.3) is 0 Å². The van der Waals surface area contributed by atoms with Crippen LogP contribution in [0.1, 0.15) is 348 Å². The van der Waals surface area contributed by atoms with Crippen LogP contribution < -0.4 is 0 Å². The second-order valence-electron chi connectivity index (χ2n) is 21.7. The van der Waals surface area contributed by atoms with Crippen molar-refractivity contribution in [1.29, 1.82) is 0 Å². The molecule has 0 saturated heterocycles. The lowest BCUT2D eigenvalue weighted by molar-refractivity contribution is -0.167. The Morgan fingerprint density at radius 1 is 0.278 bits per heavy atom. The van der Waals surface area contributed by atoms with E-state index >= 15 is 0 Å². The lowest BCUT2D eigenvalue weighted by Crippen LogP contribution is -2.30. The molecular weight excluding hydrogens is 889 g/mol. The second-order valence-corrected chi connectivity index (χ2v) is 21.7. The highest BCUT2D eigenvalue weighted by atomic mass is 16.6. The maximum absolute atomic E-state index is 12.9. The van der Waals surface area contributed by atoms with E-state index in [0.717, 1.165) is 70.6 Å². The summed E-state index contributed by atoms with van der Waals surface area (Å²) < 4.78 is 16.9. The van der Waals surface area contributed by atoms with E-state index in [1.165, 1.54) is 238 Å². The summed E-state index contributed by atoms with van der Waals surface area (Å²) in [6.45, 7) is 6.66. The highest BCUT2D eigenvalue weighted by Crippen LogP contribution is 2.17. The van der Waals surface area contributed by atoms with Crippen LogP contribution in [-0.2, 0) is 28.6 Å².